The van der Waals surface area contributed by atoms with E-state index in [2.05, 4.69) is 18.7 Å². The molecule has 13 heavy (non-hydrogen) atoms. The summed E-state index contributed by atoms with van der Waals surface area (Å²) in [5.74, 6) is 0.829. The second-order valence-electron chi connectivity index (χ2n) is 3.48. The molecule has 0 atom stereocenters. The van der Waals surface area contributed by atoms with Crippen LogP contribution in [0.15, 0.2) is 0 Å². The molecular formula is C11H24ClN. The summed E-state index contributed by atoms with van der Waals surface area (Å²) < 4.78 is 0. The van der Waals surface area contributed by atoms with Gasteiger partial charge in [-0.05, 0) is 32.5 Å². The van der Waals surface area contributed by atoms with Crippen LogP contribution in [0.3, 0.4) is 0 Å². The minimum absolute atomic E-state index is 0.829. The third kappa shape index (κ3) is 8.58. The van der Waals surface area contributed by atoms with Crippen molar-refractivity contribution in [2.75, 3.05) is 25.5 Å². The van der Waals surface area contributed by atoms with Gasteiger partial charge in [0.05, 0.1) is 0 Å². The number of alkyl halides is 1. The zero-order valence-electron chi connectivity index (χ0n) is 9.19. The highest BCUT2D eigenvalue weighted by molar-refractivity contribution is 6.17. The first kappa shape index (κ1) is 13.2. The molecule has 1 nitrogen and oxygen atoms in total. The van der Waals surface area contributed by atoms with Crippen LogP contribution in [0.1, 0.15) is 46.0 Å². The highest BCUT2D eigenvalue weighted by Crippen LogP contribution is 2.04. The molecular weight excluding hydrogens is 182 g/mol. The van der Waals surface area contributed by atoms with Gasteiger partial charge in [0, 0.05) is 5.88 Å². The van der Waals surface area contributed by atoms with Crippen LogP contribution in [0.2, 0.25) is 0 Å². The molecule has 80 valence electrons. The molecule has 0 aliphatic rings. The van der Waals surface area contributed by atoms with Gasteiger partial charge in [0.2, 0.25) is 0 Å². The number of rotatable bonds is 9. The molecule has 0 rings (SSSR count). The van der Waals surface area contributed by atoms with Gasteiger partial charge < -0.3 is 4.90 Å². The highest BCUT2D eigenvalue weighted by Gasteiger charge is 1.97. The quantitative estimate of drug-likeness (QED) is 0.411. The molecule has 0 N–H and O–H groups in total. The third-order valence-electron chi connectivity index (χ3n) is 2.50. The lowest BCUT2D eigenvalue weighted by Gasteiger charge is -2.17. The van der Waals surface area contributed by atoms with E-state index in [9.17, 15) is 0 Å². The van der Waals surface area contributed by atoms with Crippen molar-refractivity contribution in [2.24, 2.45) is 0 Å². The second-order valence-corrected chi connectivity index (χ2v) is 3.86. The van der Waals surface area contributed by atoms with Crippen molar-refractivity contribution in [3.05, 3.63) is 0 Å². The lowest BCUT2D eigenvalue weighted by atomic mass is 10.1. The summed E-state index contributed by atoms with van der Waals surface area (Å²) in [6.45, 7) is 8.12. The van der Waals surface area contributed by atoms with Crippen molar-refractivity contribution in [2.45, 2.75) is 46.0 Å². The third-order valence-corrected chi connectivity index (χ3v) is 2.77. The first-order chi connectivity index (χ1) is 6.35. The standard InChI is InChI=1S/C11H24ClN/c1-3-13(4-2)11-9-7-5-6-8-10-12/h3-11H2,1-2H3. The molecule has 0 bridgehead atoms. The Kier molecular flexibility index (Phi) is 10.5. The summed E-state index contributed by atoms with van der Waals surface area (Å²) in [6, 6.07) is 0. The molecule has 0 fully saturated rings. The van der Waals surface area contributed by atoms with Crippen molar-refractivity contribution in [1.82, 2.24) is 4.90 Å². The first-order valence-electron chi connectivity index (χ1n) is 5.63. The summed E-state index contributed by atoms with van der Waals surface area (Å²) in [7, 11) is 0. The summed E-state index contributed by atoms with van der Waals surface area (Å²) in [6.07, 6.45) is 6.57. The lowest BCUT2D eigenvalue weighted by Crippen LogP contribution is -2.23. The molecule has 0 aromatic rings. The Bertz CT molecular complexity index is 92.1. The predicted molar refractivity (Wildman–Crippen MR) is 61.6 cm³/mol. The monoisotopic (exact) mass is 205 g/mol. The van der Waals surface area contributed by atoms with Crippen molar-refractivity contribution in [3.8, 4) is 0 Å². The van der Waals surface area contributed by atoms with E-state index in [1.807, 2.05) is 0 Å². The van der Waals surface area contributed by atoms with Gasteiger partial charge in [0.1, 0.15) is 0 Å². The predicted octanol–water partition coefficient (Wildman–Crippen LogP) is 3.52. The van der Waals surface area contributed by atoms with Crippen LogP contribution in [0.25, 0.3) is 0 Å². The molecule has 0 unspecified atom stereocenters. The number of hydrogen-bond donors (Lipinski definition) is 0. The van der Waals surface area contributed by atoms with Gasteiger partial charge in [0.15, 0.2) is 0 Å². The maximum Gasteiger partial charge on any atom is 0.0223 e. The molecule has 0 aromatic heterocycles. The minimum atomic E-state index is 0.829. The molecule has 0 radical (unpaired) electrons. The van der Waals surface area contributed by atoms with Crippen LogP contribution < -0.4 is 0 Å². The SMILES string of the molecule is CCN(CC)CCCCCCCCl. The van der Waals surface area contributed by atoms with Crippen molar-refractivity contribution in [3.63, 3.8) is 0 Å². The zero-order valence-corrected chi connectivity index (χ0v) is 9.95. The fourth-order valence-corrected chi connectivity index (χ4v) is 1.69. The van der Waals surface area contributed by atoms with E-state index in [4.69, 9.17) is 11.6 Å². The Morgan fingerprint density at radius 2 is 1.38 bits per heavy atom. The number of unbranched alkanes of at least 4 members (excludes halogenated alkanes) is 4. The number of hydrogen-bond acceptors (Lipinski definition) is 1. The summed E-state index contributed by atoms with van der Waals surface area (Å²) in [4.78, 5) is 2.49. The summed E-state index contributed by atoms with van der Waals surface area (Å²) >= 11 is 5.60. The largest absolute Gasteiger partial charge is 0.304 e. The van der Waals surface area contributed by atoms with E-state index in [0.29, 0.717) is 0 Å². The minimum Gasteiger partial charge on any atom is -0.304 e. The van der Waals surface area contributed by atoms with E-state index in [0.717, 1.165) is 5.88 Å². The van der Waals surface area contributed by atoms with E-state index >= 15 is 0 Å². The number of nitrogens with zero attached hydrogens (tertiary/aromatic N) is 1. The molecule has 2 heteroatoms. The molecule has 0 aliphatic heterocycles. The number of halogens is 1. The Hall–Kier alpha value is 0.250. The van der Waals surface area contributed by atoms with Crippen LogP contribution in [-0.2, 0) is 0 Å². The highest BCUT2D eigenvalue weighted by atomic mass is 35.5. The van der Waals surface area contributed by atoms with Crippen molar-refractivity contribution in [1.29, 1.82) is 0 Å². The molecule has 0 aromatic carbocycles. The normalized spacial score (nSPS) is 11.1. The molecule has 0 saturated heterocycles. The fraction of sp³-hybridized carbons (Fsp3) is 1.00. The van der Waals surface area contributed by atoms with Crippen LogP contribution in [0, 0.1) is 0 Å². The van der Waals surface area contributed by atoms with Gasteiger partial charge in [0.25, 0.3) is 0 Å². The van der Waals surface area contributed by atoms with Gasteiger partial charge >= 0.3 is 0 Å². The van der Waals surface area contributed by atoms with Crippen LogP contribution in [-0.4, -0.2) is 30.4 Å². The second kappa shape index (κ2) is 10.3. The summed E-state index contributed by atoms with van der Waals surface area (Å²) in [5.41, 5.74) is 0. The lowest BCUT2D eigenvalue weighted by molar-refractivity contribution is 0.295. The first-order valence-corrected chi connectivity index (χ1v) is 6.16. The smallest absolute Gasteiger partial charge is 0.0223 e. The average molecular weight is 206 g/mol. The summed E-state index contributed by atoms with van der Waals surface area (Å²) in [5, 5.41) is 0. The maximum atomic E-state index is 5.60. The topological polar surface area (TPSA) is 3.24 Å². The van der Waals surface area contributed by atoms with Gasteiger partial charge in [-0.2, -0.15) is 0 Å². The van der Waals surface area contributed by atoms with Crippen LogP contribution in [0.5, 0.6) is 0 Å². The fourth-order valence-electron chi connectivity index (χ4n) is 1.50. The maximum absolute atomic E-state index is 5.60. The molecule has 0 aliphatic carbocycles. The van der Waals surface area contributed by atoms with Crippen molar-refractivity contribution < 1.29 is 0 Å². The molecule has 0 amide bonds. The Morgan fingerprint density at radius 3 is 1.92 bits per heavy atom. The van der Waals surface area contributed by atoms with Gasteiger partial charge in [-0.15, -0.1) is 11.6 Å². The van der Waals surface area contributed by atoms with E-state index < -0.39 is 0 Å². The van der Waals surface area contributed by atoms with E-state index in [1.54, 1.807) is 0 Å². The Morgan fingerprint density at radius 1 is 0.846 bits per heavy atom. The van der Waals surface area contributed by atoms with E-state index in [1.165, 1.54) is 51.7 Å². The zero-order chi connectivity index (χ0) is 9.94. The van der Waals surface area contributed by atoms with Gasteiger partial charge in [-0.3, -0.25) is 0 Å². The van der Waals surface area contributed by atoms with Gasteiger partial charge in [-0.1, -0.05) is 33.1 Å². The molecule has 0 heterocycles. The Labute approximate surface area is 88.5 Å². The van der Waals surface area contributed by atoms with Crippen LogP contribution in [0.4, 0.5) is 0 Å². The average Bonchev–Trinajstić information content (AvgIpc) is 2.17. The van der Waals surface area contributed by atoms with Crippen molar-refractivity contribution >= 4 is 11.6 Å². The van der Waals surface area contributed by atoms with Crippen LogP contribution >= 0.6 is 11.6 Å². The van der Waals surface area contributed by atoms with Gasteiger partial charge in [-0.25, -0.2) is 0 Å². The Balaban J connectivity index is 3.05. The molecule has 0 spiro atoms. The van der Waals surface area contributed by atoms with E-state index in [-0.39, 0.29) is 0 Å². The molecule has 0 saturated carbocycles.